The zero-order chi connectivity index (χ0) is 18.8. The lowest BCUT2D eigenvalue weighted by Crippen LogP contribution is -2.35. The van der Waals surface area contributed by atoms with Crippen molar-refractivity contribution >= 4 is 23.5 Å². The van der Waals surface area contributed by atoms with E-state index in [1.807, 2.05) is 37.3 Å². The third-order valence-electron chi connectivity index (χ3n) is 4.34. The van der Waals surface area contributed by atoms with Gasteiger partial charge < -0.3 is 10.6 Å². The van der Waals surface area contributed by atoms with Gasteiger partial charge in [-0.25, -0.2) is 4.79 Å². The number of nitrogens with zero attached hydrogens (tertiary/aromatic N) is 1. The molecule has 6 heteroatoms. The highest BCUT2D eigenvalue weighted by atomic mass is 16.2. The summed E-state index contributed by atoms with van der Waals surface area (Å²) in [6.45, 7) is 5.47. The molecular formula is C20H21N3O3. The van der Waals surface area contributed by atoms with Gasteiger partial charge in [0.15, 0.2) is 0 Å². The van der Waals surface area contributed by atoms with Gasteiger partial charge in [0.25, 0.3) is 11.8 Å². The largest absolute Gasteiger partial charge is 0.331 e. The summed E-state index contributed by atoms with van der Waals surface area (Å²) in [7, 11) is 0. The average Bonchev–Trinajstić information content (AvgIpc) is 2.86. The highest BCUT2D eigenvalue weighted by Gasteiger charge is 2.37. The van der Waals surface area contributed by atoms with E-state index in [9.17, 15) is 14.4 Å². The number of rotatable bonds is 4. The van der Waals surface area contributed by atoms with Crippen molar-refractivity contribution in [1.29, 1.82) is 0 Å². The maximum atomic E-state index is 12.4. The summed E-state index contributed by atoms with van der Waals surface area (Å²) in [5.74, 6) is -0.629. The van der Waals surface area contributed by atoms with E-state index in [4.69, 9.17) is 0 Å². The second-order valence-corrected chi connectivity index (χ2v) is 6.57. The normalized spacial score (nSPS) is 14.4. The van der Waals surface area contributed by atoms with Crippen LogP contribution in [0.5, 0.6) is 0 Å². The highest BCUT2D eigenvalue weighted by molar-refractivity contribution is 6.22. The van der Waals surface area contributed by atoms with Gasteiger partial charge in [0.1, 0.15) is 0 Å². The van der Waals surface area contributed by atoms with E-state index in [1.165, 1.54) is 4.90 Å². The molecule has 0 spiro atoms. The Morgan fingerprint density at radius 1 is 0.923 bits per heavy atom. The minimum absolute atomic E-state index is 0.162. The summed E-state index contributed by atoms with van der Waals surface area (Å²) < 4.78 is 0. The summed E-state index contributed by atoms with van der Waals surface area (Å²) in [5.41, 5.74) is 2.14. The first kappa shape index (κ1) is 17.7. The molecule has 134 valence electrons. The summed E-state index contributed by atoms with van der Waals surface area (Å²) in [6.07, 6.45) is 0. The minimum Gasteiger partial charge on any atom is -0.331 e. The van der Waals surface area contributed by atoms with Crippen molar-refractivity contribution in [3.05, 3.63) is 65.2 Å². The van der Waals surface area contributed by atoms with Gasteiger partial charge in [0.2, 0.25) is 0 Å². The molecule has 1 aliphatic heterocycles. The number of hydrogen-bond acceptors (Lipinski definition) is 3. The molecule has 4 amide bonds. The smallest absolute Gasteiger partial charge is 0.319 e. The van der Waals surface area contributed by atoms with Crippen molar-refractivity contribution in [3.8, 4) is 0 Å². The second kappa shape index (κ2) is 7.00. The number of amides is 4. The van der Waals surface area contributed by atoms with E-state index in [0.717, 1.165) is 5.56 Å². The fourth-order valence-corrected chi connectivity index (χ4v) is 3.00. The molecule has 26 heavy (non-hydrogen) atoms. The van der Waals surface area contributed by atoms with Crippen LogP contribution in [0.15, 0.2) is 48.5 Å². The first-order chi connectivity index (χ1) is 12.4. The minimum atomic E-state index is -0.376. The Labute approximate surface area is 152 Å². The molecule has 0 radical (unpaired) electrons. The zero-order valence-corrected chi connectivity index (χ0v) is 14.9. The van der Waals surface area contributed by atoms with Gasteiger partial charge in [0.05, 0.1) is 17.2 Å². The number of benzene rings is 2. The molecule has 0 fully saturated rings. The fourth-order valence-electron chi connectivity index (χ4n) is 3.00. The number of carbonyl (C=O) groups excluding carboxylic acids is 3. The Hall–Kier alpha value is -3.15. The SMILES string of the molecule is CC(NC(=O)Nc1ccc2c(c1)C(=O)N(C(C)C)C2=O)c1ccccc1. The van der Waals surface area contributed by atoms with E-state index in [2.05, 4.69) is 10.6 Å². The molecule has 2 N–H and O–H groups in total. The predicted octanol–water partition coefficient (Wildman–Crippen LogP) is 3.57. The Morgan fingerprint density at radius 3 is 2.23 bits per heavy atom. The zero-order valence-electron chi connectivity index (χ0n) is 14.9. The van der Waals surface area contributed by atoms with Crippen molar-refractivity contribution in [2.75, 3.05) is 5.32 Å². The van der Waals surface area contributed by atoms with E-state index in [1.54, 1.807) is 32.0 Å². The molecule has 2 aromatic carbocycles. The molecule has 0 saturated carbocycles. The van der Waals surface area contributed by atoms with Gasteiger partial charge in [-0.2, -0.15) is 0 Å². The molecule has 6 nitrogen and oxygen atoms in total. The van der Waals surface area contributed by atoms with E-state index in [0.29, 0.717) is 16.8 Å². The number of fused-ring (bicyclic) bond motifs is 1. The number of nitrogens with one attached hydrogen (secondary N) is 2. The van der Waals surface area contributed by atoms with Crippen LogP contribution in [0.25, 0.3) is 0 Å². The number of urea groups is 1. The number of carbonyl (C=O) groups is 3. The maximum absolute atomic E-state index is 12.4. The van der Waals surface area contributed by atoms with Gasteiger partial charge in [-0.1, -0.05) is 30.3 Å². The molecule has 0 aromatic heterocycles. The molecule has 0 saturated heterocycles. The van der Waals surface area contributed by atoms with Crippen LogP contribution in [-0.2, 0) is 0 Å². The first-order valence-electron chi connectivity index (χ1n) is 8.53. The quantitative estimate of drug-likeness (QED) is 0.827. The molecule has 1 unspecified atom stereocenters. The Bertz CT molecular complexity index is 862. The van der Waals surface area contributed by atoms with Crippen LogP contribution in [0.2, 0.25) is 0 Å². The van der Waals surface area contributed by atoms with E-state index >= 15 is 0 Å². The van der Waals surface area contributed by atoms with Crippen molar-refractivity contribution in [2.45, 2.75) is 32.9 Å². The Balaban J connectivity index is 1.72. The lowest BCUT2D eigenvalue weighted by atomic mass is 10.1. The van der Waals surface area contributed by atoms with Gasteiger partial charge in [-0.15, -0.1) is 0 Å². The average molecular weight is 351 g/mol. The lowest BCUT2D eigenvalue weighted by Gasteiger charge is -2.17. The lowest BCUT2D eigenvalue weighted by molar-refractivity contribution is 0.0609. The van der Waals surface area contributed by atoms with Gasteiger partial charge in [0, 0.05) is 11.7 Å². The number of imide groups is 1. The van der Waals surface area contributed by atoms with Gasteiger partial charge in [-0.05, 0) is 44.5 Å². The van der Waals surface area contributed by atoms with Crippen LogP contribution in [0.3, 0.4) is 0 Å². The van der Waals surface area contributed by atoms with Crippen LogP contribution < -0.4 is 10.6 Å². The molecule has 1 heterocycles. The summed E-state index contributed by atoms with van der Waals surface area (Å²) in [4.78, 5) is 38.2. The Morgan fingerprint density at radius 2 is 1.58 bits per heavy atom. The molecule has 0 aliphatic carbocycles. The van der Waals surface area contributed by atoms with Gasteiger partial charge >= 0.3 is 6.03 Å². The number of anilines is 1. The summed E-state index contributed by atoms with van der Waals surface area (Å²) in [6, 6.07) is 13.6. The van der Waals surface area contributed by atoms with E-state index < -0.39 is 0 Å². The third kappa shape index (κ3) is 3.31. The Kier molecular flexibility index (Phi) is 4.75. The van der Waals surface area contributed by atoms with Crippen LogP contribution in [-0.4, -0.2) is 28.8 Å². The third-order valence-corrected chi connectivity index (χ3v) is 4.34. The molecule has 3 rings (SSSR count). The fraction of sp³-hybridized carbons (Fsp3) is 0.250. The number of hydrogen-bond donors (Lipinski definition) is 2. The van der Waals surface area contributed by atoms with Crippen LogP contribution in [0.1, 0.15) is 53.1 Å². The van der Waals surface area contributed by atoms with Crippen molar-refractivity contribution in [2.24, 2.45) is 0 Å². The standard InChI is InChI=1S/C20H21N3O3/c1-12(2)23-18(24)16-10-9-15(11-17(16)19(23)25)22-20(26)21-13(3)14-7-5-4-6-8-14/h4-13H,1-3H3,(H2,21,22,26). The molecular weight excluding hydrogens is 330 g/mol. The van der Waals surface area contributed by atoms with E-state index in [-0.39, 0.29) is 29.9 Å². The van der Waals surface area contributed by atoms with Crippen molar-refractivity contribution < 1.29 is 14.4 Å². The second-order valence-electron chi connectivity index (χ2n) is 6.57. The molecule has 1 aliphatic rings. The topological polar surface area (TPSA) is 78.5 Å². The highest BCUT2D eigenvalue weighted by Crippen LogP contribution is 2.27. The van der Waals surface area contributed by atoms with Gasteiger partial charge in [-0.3, -0.25) is 14.5 Å². The van der Waals surface area contributed by atoms with Crippen LogP contribution >= 0.6 is 0 Å². The van der Waals surface area contributed by atoms with Crippen LogP contribution in [0.4, 0.5) is 10.5 Å². The summed E-state index contributed by atoms with van der Waals surface area (Å²) in [5, 5.41) is 5.57. The van der Waals surface area contributed by atoms with Crippen molar-refractivity contribution in [1.82, 2.24) is 10.2 Å². The molecule has 2 aromatic rings. The molecule has 0 bridgehead atoms. The van der Waals surface area contributed by atoms with Crippen molar-refractivity contribution in [3.63, 3.8) is 0 Å². The maximum Gasteiger partial charge on any atom is 0.319 e. The predicted molar refractivity (Wildman–Crippen MR) is 99.1 cm³/mol. The summed E-state index contributed by atoms with van der Waals surface area (Å²) >= 11 is 0. The molecule has 1 atom stereocenters. The monoisotopic (exact) mass is 351 g/mol. The van der Waals surface area contributed by atoms with Crippen LogP contribution in [0, 0.1) is 0 Å². The first-order valence-corrected chi connectivity index (χ1v) is 8.53.